The smallest absolute Gasteiger partial charge is 0.256 e. The molecule has 5 rings (SSSR count). The maximum absolute atomic E-state index is 13.1. The normalized spacial score (nSPS) is 13.9. The number of nitrogens with zero attached hydrogens (tertiary/aromatic N) is 2. The van der Waals surface area contributed by atoms with Crippen LogP contribution in [-0.2, 0) is 22.9 Å². The van der Waals surface area contributed by atoms with E-state index in [1.807, 2.05) is 18.2 Å². The van der Waals surface area contributed by atoms with Crippen molar-refractivity contribution in [1.29, 1.82) is 0 Å². The molecule has 0 unspecified atom stereocenters. The van der Waals surface area contributed by atoms with Crippen LogP contribution in [0.15, 0.2) is 53.4 Å². The molecule has 0 saturated carbocycles. The van der Waals surface area contributed by atoms with E-state index in [4.69, 9.17) is 4.98 Å². The minimum Gasteiger partial charge on any atom is -0.313 e. The topological polar surface area (TPSA) is 79.4 Å². The molecule has 1 aliphatic rings. The van der Waals surface area contributed by atoms with Gasteiger partial charge in [-0.15, -0.1) is 22.7 Å². The number of para-hydroxylation sites is 1. The molecule has 1 N–H and O–H groups in total. The van der Waals surface area contributed by atoms with E-state index in [2.05, 4.69) is 11.4 Å². The monoisotopic (exact) mass is 497 g/mol. The summed E-state index contributed by atoms with van der Waals surface area (Å²) in [7, 11) is -0.571. The second-order valence-corrected chi connectivity index (χ2v) is 12.5. The highest BCUT2D eigenvalue weighted by Gasteiger charge is 2.25. The summed E-state index contributed by atoms with van der Waals surface area (Å²) in [6.07, 6.45) is 4.30. The molecule has 170 valence electrons. The van der Waals surface area contributed by atoms with Gasteiger partial charge in [0.25, 0.3) is 5.91 Å². The predicted molar refractivity (Wildman–Crippen MR) is 135 cm³/mol. The molecule has 2 aromatic heterocycles. The van der Waals surface area contributed by atoms with Crippen LogP contribution in [-0.4, -0.2) is 37.7 Å². The number of carbonyl (C=O) groups excluding carboxylic acids is 1. The number of carbonyl (C=O) groups is 1. The van der Waals surface area contributed by atoms with E-state index in [-0.39, 0.29) is 10.8 Å². The van der Waals surface area contributed by atoms with Crippen molar-refractivity contribution in [3.8, 4) is 10.6 Å². The summed E-state index contributed by atoms with van der Waals surface area (Å²) in [5.41, 5.74) is 3.71. The lowest BCUT2D eigenvalue weighted by Gasteiger charge is -2.12. The minimum atomic E-state index is -3.54. The van der Waals surface area contributed by atoms with Crippen LogP contribution in [0.5, 0.6) is 0 Å². The number of thiophene rings is 1. The Hall–Kier alpha value is -2.59. The van der Waals surface area contributed by atoms with Crippen molar-refractivity contribution in [3.63, 3.8) is 0 Å². The number of hydrogen-bond donors (Lipinski definition) is 1. The SMILES string of the molecule is CN(C)S(=O)(=O)c1ccc(C(=O)Nc2sc3c(c2-c2nc4ccccc4s2)CCCC3)cc1. The van der Waals surface area contributed by atoms with Gasteiger partial charge in [0.1, 0.15) is 10.0 Å². The number of aryl methyl sites for hydroxylation is 1. The van der Waals surface area contributed by atoms with Crippen molar-refractivity contribution < 1.29 is 13.2 Å². The van der Waals surface area contributed by atoms with Crippen LogP contribution in [0.2, 0.25) is 0 Å². The first kappa shape index (κ1) is 22.2. The number of nitrogens with one attached hydrogen (secondary N) is 1. The van der Waals surface area contributed by atoms with Crippen molar-refractivity contribution in [2.75, 3.05) is 19.4 Å². The Kier molecular flexibility index (Phi) is 5.82. The summed E-state index contributed by atoms with van der Waals surface area (Å²) in [6.45, 7) is 0. The molecule has 6 nitrogen and oxygen atoms in total. The number of aromatic nitrogens is 1. The molecular weight excluding hydrogens is 474 g/mol. The lowest BCUT2D eigenvalue weighted by Crippen LogP contribution is -2.22. The van der Waals surface area contributed by atoms with Crippen LogP contribution in [0.4, 0.5) is 5.00 Å². The second-order valence-electron chi connectivity index (χ2n) is 8.17. The number of thiazole rings is 1. The molecule has 33 heavy (non-hydrogen) atoms. The van der Waals surface area contributed by atoms with E-state index >= 15 is 0 Å². The molecule has 2 heterocycles. The van der Waals surface area contributed by atoms with Gasteiger partial charge in [-0.3, -0.25) is 4.79 Å². The Morgan fingerprint density at radius 1 is 1.00 bits per heavy atom. The molecule has 0 bridgehead atoms. The predicted octanol–water partition coefficient (Wildman–Crippen LogP) is 5.41. The van der Waals surface area contributed by atoms with Gasteiger partial charge in [-0.05, 0) is 67.6 Å². The average molecular weight is 498 g/mol. The number of hydrogen-bond acceptors (Lipinski definition) is 6. The number of benzene rings is 2. The van der Waals surface area contributed by atoms with E-state index in [0.29, 0.717) is 5.56 Å². The molecule has 0 saturated heterocycles. The molecule has 2 aromatic carbocycles. The van der Waals surface area contributed by atoms with Gasteiger partial charge in [-0.25, -0.2) is 17.7 Å². The minimum absolute atomic E-state index is 0.158. The largest absolute Gasteiger partial charge is 0.313 e. The molecule has 9 heteroatoms. The van der Waals surface area contributed by atoms with Gasteiger partial charge in [0.05, 0.1) is 15.1 Å². The van der Waals surface area contributed by atoms with E-state index in [0.717, 1.165) is 55.8 Å². The maximum Gasteiger partial charge on any atom is 0.256 e. The van der Waals surface area contributed by atoms with Crippen LogP contribution in [0, 0.1) is 0 Å². The van der Waals surface area contributed by atoms with Crippen LogP contribution < -0.4 is 5.32 Å². The molecular formula is C24H23N3O3S3. The van der Waals surface area contributed by atoms with Gasteiger partial charge in [0.2, 0.25) is 10.0 Å². The van der Waals surface area contributed by atoms with E-state index in [1.165, 1.54) is 36.7 Å². The van der Waals surface area contributed by atoms with Gasteiger partial charge >= 0.3 is 0 Å². The van der Waals surface area contributed by atoms with Crippen LogP contribution in [0.1, 0.15) is 33.6 Å². The average Bonchev–Trinajstić information content (AvgIpc) is 3.39. The van der Waals surface area contributed by atoms with Crippen molar-refractivity contribution in [1.82, 2.24) is 9.29 Å². The van der Waals surface area contributed by atoms with E-state index in [1.54, 1.807) is 34.8 Å². The molecule has 4 aromatic rings. The molecule has 0 spiro atoms. The third-order valence-corrected chi connectivity index (χ3v) is 9.89. The first-order valence-corrected chi connectivity index (χ1v) is 13.8. The van der Waals surface area contributed by atoms with Gasteiger partial charge in [-0.2, -0.15) is 0 Å². The fourth-order valence-corrected chi connectivity index (χ4v) is 7.32. The third-order valence-electron chi connectivity index (χ3n) is 5.80. The Morgan fingerprint density at radius 3 is 2.45 bits per heavy atom. The maximum atomic E-state index is 13.1. The van der Waals surface area contributed by atoms with Gasteiger partial charge in [-0.1, -0.05) is 12.1 Å². The van der Waals surface area contributed by atoms with Crippen molar-refractivity contribution in [2.24, 2.45) is 0 Å². The van der Waals surface area contributed by atoms with Crippen LogP contribution in [0.3, 0.4) is 0 Å². The Balaban J connectivity index is 1.50. The van der Waals surface area contributed by atoms with Gasteiger partial charge < -0.3 is 5.32 Å². The zero-order chi connectivity index (χ0) is 23.2. The summed E-state index contributed by atoms with van der Waals surface area (Å²) < 4.78 is 26.9. The first-order valence-electron chi connectivity index (χ1n) is 10.7. The molecule has 0 atom stereocenters. The summed E-state index contributed by atoms with van der Waals surface area (Å²) >= 11 is 3.28. The van der Waals surface area contributed by atoms with Crippen molar-refractivity contribution in [2.45, 2.75) is 30.6 Å². The van der Waals surface area contributed by atoms with Gasteiger partial charge in [0, 0.05) is 30.1 Å². The van der Waals surface area contributed by atoms with Gasteiger partial charge in [0.15, 0.2) is 0 Å². The summed E-state index contributed by atoms with van der Waals surface area (Å²) in [4.78, 5) is 19.4. The quantitative estimate of drug-likeness (QED) is 0.400. The molecule has 1 aliphatic carbocycles. The Morgan fingerprint density at radius 2 is 1.73 bits per heavy atom. The lowest BCUT2D eigenvalue weighted by atomic mass is 9.95. The summed E-state index contributed by atoms with van der Waals surface area (Å²) in [6, 6.07) is 14.1. The fraction of sp³-hybridized carbons (Fsp3) is 0.250. The van der Waals surface area contributed by atoms with Crippen LogP contribution >= 0.6 is 22.7 Å². The van der Waals surface area contributed by atoms with Crippen molar-refractivity contribution in [3.05, 3.63) is 64.5 Å². The van der Waals surface area contributed by atoms with E-state index < -0.39 is 10.0 Å². The molecule has 0 radical (unpaired) electrons. The van der Waals surface area contributed by atoms with E-state index in [9.17, 15) is 13.2 Å². The molecule has 0 fully saturated rings. The third kappa shape index (κ3) is 4.10. The number of amides is 1. The highest BCUT2D eigenvalue weighted by Crippen LogP contribution is 2.46. The number of rotatable bonds is 5. The standard InChI is InChI=1S/C24H23N3O3S3/c1-27(2)33(29,30)16-13-11-15(12-14-16)22(28)26-24-21(17-7-3-5-9-19(17)31-24)23-25-18-8-4-6-10-20(18)32-23/h4,6,8,10-14H,3,5,7,9H2,1-2H3,(H,26,28). The Bertz CT molecular complexity index is 1420. The van der Waals surface area contributed by atoms with Crippen LogP contribution in [0.25, 0.3) is 20.8 Å². The fourth-order valence-electron chi connectivity index (χ4n) is 4.02. The number of fused-ring (bicyclic) bond motifs is 2. The summed E-state index contributed by atoms with van der Waals surface area (Å²) in [5.74, 6) is -0.259. The lowest BCUT2D eigenvalue weighted by molar-refractivity contribution is 0.102. The highest BCUT2D eigenvalue weighted by atomic mass is 32.2. The molecule has 1 amide bonds. The Labute approximate surface area is 201 Å². The first-order chi connectivity index (χ1) is 15.8. The highest BCUT2D eigenvalue weighted by molar-refractivity contribution is 7.89. The number of anilines is 1. The molecule has 0 aliphatic heterocycles. The zero-order valence-electron chi connectivity index (χ0n) is 18.3. The summed E-state index contributed by atoms with van der Waals surface area (Å²) in [5, 5.41) is 4.84. The van der Waals surface area contributed by atoms with Crippen molar-refractivity contribution >= 4 is 53.8 Å². The number of sulfonamides is 1. The second kappa shape index (κ2) is 8.64. The zero-order valence-corrected chi connectivity index (χ0v) is 20.7.